The fraction of sp³-hybridized carbons (Fsp3) is 0.238. The Kier molecular flexibility index (Phi) is 7.20. The second-order valence-electron chi connectivity index (χ2n) is 6.69. The van der Waals surface area contributed by atoms with Crippen LogP contribution in [0.5, 0.6) is 5.75 Å². The van der Waals surface area contributed by atoms with Crippen LogP contribution in [0.15, 0.2) is 59.5 Å². The van der Waals surface area contributed by atoms with Gasteiger partial charge in [-0.3, -0.25) is 10.1 Å². The minimum absolute atomic E-state index is 0.120. The predicted octanol–water partition coefficient (Wildman–Crippen LogP) is 3.01. The molecule has 1 heterocycles. The Balaban J connectivity index is 1.53. The highest BCUT2D eigenvalue weighted by atomic mass is 32.2. The Hall–Kier alpha value is -2.75. The standard InChI is InChI=1S/C21H23N3O4S2/c1-28-18-9-4-16(5-10-18)6-13-20(25)23-21(29)22-17-7-11-19(12-8-17)30(26,27)24-14-2-3-15-24/h4-13H,2-3,14-15H2,1H3,(H2,22,23,25,29). The molecule has 1 aliphatic heterocycles. The first-order chi connectivity index (χ1) is 14.4. The Morgan fingerprint density at radius 1 is 1.07 bits per heavy atom. The first-order valence-electron chi connectivity index (χ1n) is 9.43. The summed E-state index contributed by atoms with van der Waals surface area (Å²) >= 11 is 5.15. The zero-order chi connectivity index (χ0) is 21.6. The topological polar surface area (TPSA) is 87.7 Å². The summed E-state index contributed by atoms with van der Waals surface area (Å²) in [5.41, 5.74) is 1.43. The quantitative estimate of drug-likeness (QED) is 0.525. The largest absolute Gasteiger partial charge is 0.497 e. The first-order valence-corrected chi connectivity index (χ1v) is 11.3. The predicted molar refractivity (Wildman–Crippen MR) is 121 cm³/mol. The number of nitrogens with one attached hydrogen (secondary N) is 2. The second kappa shape index (κ2) is 9.84. The Morgan fingerprint density at radius 2 is 1.70 bits per heavy atom. The van der Waals surface area contributed by atoms with Gasteiger partial charge in [-0.1, -0.05) is 12.1 Å². The maximum Gasteiger partial charge on any atom is 0.250 e. The number of carbonyl (C=O) groups is 1. The van der Waals surface area contributed by atoms with Crippen LogP contribution in [0.25, 0.3) is 6.08 Å². The normalized spacial score (nSPS) is 14.6. The van der Waals surface area contributed by atoms with E-state index in [1.165, 1.54) is 22.5 Å². The van der Waals surface area contributed by atoms with Gasteiger partial charge in [-0.25, -0.2) is 8.42 Å². The van der Waals surface area contributed by atoms with E-state index in [9.17, 15) is 13.2 Å². The molecule has 0 aliphatic carbocycles. The zero-order valence-corrected chi connectivity index (χ0v) is 18.1. The SMILES string of the molecule is COc1ccc(C=CC(=O)NC(=S)Nc2ccc(S(=O)(=O)N3CCCC3)cc2)cc1. The molecule has 0 spiro atoms. The van der Waals surface area contributed by atoms with Crippen LogP contribution in [0, 0.1) is 0 Å². The smallest absolute Gasteiger partial charge is 0.250 e. The number of thiocarbonyl (C=S) groups is 1. The summed E-state index contributed by atoms with van der Waals surface area (Å²) in [6, 6.07) is 13.6. The molecule has 0 radical (unpaired) electrons. The van der Waals surface area contributed by atoms with E-state index in [0.29, 0.717) is 18.8 Å². The van der Waals surface area contributed by atoms with Gasteiger partial charge in [0.1, 0.15) is 5.75 Å². The zero-order valence-electron chi connectivity index (χ0n) is 16.5. The minimum Gasteiger partial charge on any atom is -0.497 e. The molecule has 1 saturated heterocycles. The van der Waals surface area contributed by atoms with Crippen molar-refractivity contribution in [3.8, 4) is 5.75 Å². The van der Waals surface area contributed by atoms with Crippen LogP contribution in [-0.4, -0.2) is 43.9 Å². The number of sulfonamides is 1. The lowest BCUT2D eigenvalue weighted by Gasteiger charge is -2.16. The molecule has 0 bridgehead atoms. The molecule has 1 aliphatic rings. The number of nitrogens with zero attached hydrogens (tertiary/aromatic N) is 1. The molecule has 0 atom stereocenters. The van der Waals surface area contributed by atoms with Gasteiger partial charge in [-0.15, -0.1) is 0 Å². The van der Waals surface area contributed by atoms with Crippen molar-refractivity contribution >= 4 is 45.0 Å². The van der Waals surface area contributed by atoms with Crippen molar-refractivity contribution in [3.05, 3.63) is 60.2 Å². The summed E-state index contributed by atoms with van der Waals surface area (Å²) in [7, 11) is -1.87. The van der Waals surface area contributed by atoms with E-state index >= 15 is 0 Å². The van der Waals surface area contributed by atoms with E-state index < -0.39 is 10.0 Å². The molecule has 0 unspecified atom stereocenters. The van der Waals surface area contributed by atoms with Crippen LogP contribution < -0.4 is 15.4 Å². The highest BCUT2D eigenvalue weighted by molar-refractivity contribution is 7.89. The van der Waals surface area contributed by atoms with Gasteiger partial charge in [0.15, 0.2) is 5.11 Å². The lowest BCUT2D eigenvalue weighted by molar-refractivity contribution is -0.115. The van der Waals surface area contributed by atoms with Crippen molar-refractivity contribution in [2.75, 3.05) is 25.5 Å². The van der Waals surface area contributed by atoms with Crippen LogP contribution in [0.3, 0.4) is 0 Å². The molecule has 0 saturated carbocycles. The molecule has 2 aromatic rings. The fourth-order valence-electron chi connectivity index (χ4n) is 2.99. The highest BCUT2D eigenvalue weighted by Gasteiger charge is 2.26. The molecule has 2 aromatic carbocycles. The number of hydrogen-bond acceptors (Lipinski definition) is 5. The fourth-order valence-corrected chi connectivity index (χ4v) is 4.73. The lowest BCUT2D eigenvalue weighted by Crippen LogP contribution is -2.32. The summed E-state index contributed by atoms with van der Waals surface area (Å²) in [4.78, 5) is 12.3. The Morgan fingerprint density at radius 3 is 2.30 bits per heavy atom. The first kappa shape index (κ1) is 21.9. The van der Waals surface area contributed by atoms with Crippen LogP contribution in [-0.2, 0) is 14.8 Å². The number of amides is 1. The average Bonchev–Trinajstić information content (AvgIpc) is 3.29. The van der Waals surface area contributed by atoms with Crippen molar-refractivity contribution in [1.29, 1.82) is 0 Å². The molecule has 158 valence electrons. The molecule has 2 N–H and O–H groups in total. The molecule has 3 rings (SSSR count). The van der Waals surface area contributed by atoms with E-state index in [4.69, 9.17) is 17.0 Å². The second-order valence-corrected chi connectivity index (χ2v) is 9.03. The number of methoxy groups -OCH3 is 1. The third-order valence-electron chi connectivity index (χ3n) is 4.59. The number of carbonyl (C=O) groups excluding carboxylic acids is 1. The van der Waals surface area contributed by atoms with E-state index in [2.05, 4.69) is 10.6 Å². The van der Waals surface area contributed by atoms with Crippen LogP contribution in [0.1, 0.15) is 18.4 Å². The van der Waals surface area contributed by atoms with Gasteiger partial charge in [0, 0.05) is 24.9 Å². The van der Waals surface area contributed by atoms with Gasteiger partial charge in [0.25, 0.3) is 0 Å². The van der Waals surface area contributed by atoms with Crippen LogP contribution >= 0.6 is 12.2 Å². The number of hydrogen-bond donors (Lipinski definition) is 2. The Labute approximate surface area is 181 Å². The van der Waals surface area contributed by atoms with E-state index in [-0.39, 0.29) is 15.9 Å². The number of rotatable bonds is 6. The van der Waals surface area contributed by atoms with Crippen LogP contribution in [0.2, 0.25) is 0 Å². The number of ether oxygens (including phenoxy) is 1. The van der Waals surface area contributed by atoms with Crippen molar-refractivity contribution < 1.29 is 17.9 Å². The maximum atomic E-state index is 12.5. The summed E-state index contributed by atoms with van der Waals surface area (Å²) in [5.74, 6) is 0.359. The number of benzene rings is 2. The monoisotopic (exact) mass is 445 g/mol. The molecule has 1 fully saturated rings. The number of anilines is 1. The third kappa shape index (κ3) is 5.65. The highest BCUT2D eigenvalue weighted by Crippen LogP contribution is 2.22. The van der Waals surface area contributed by atoms with Crippen molar-refractivity contribution in [2.45, 2.75) is 17.7 Å². The van der Waals surface area contributed by atoms with Gasteiger partial charge >= 0.3 is 0 Å². The molecule has 9 heteroatoms. The third-order valence-corrected chi connectivity index (χ3v) is 6.71. The van der Waals surface area contributed by atoms with Gasteiger partial charge in [0.2, 0.25) is 15.9 Å². The molecule has 0 aromatic heterocycles. The molecule has 30 heavy (non-hydrogen) atoms. The summed E-state index contributed by atoms with van der Waals surface area (Å²) < 4.78 is 31.7. The van der Waals surface area contributed by atoms with E-state index in [1.54, 1.807) is 37.5 Å². The van der Waals surface area contributed by atoms with Gasteiger partial charge in [0.05, 0.1) is 12.0 Å². The van der Waals surface area contributed by atoms with Gasteiger partial charge in [-0.05, 0) is 73.1 Å². The Bertz CT molecular complexity index is 1030. The molecular weight excluding hydrogens is 422 g/mol. The molecule has 7 nitrogen and oxygen atoms in total. The van der Waals surface area contributed by atoms with E-state index in [0.717, 1.165) is 24.2 Å². The van der Waals surface area contributed by atoms with Crippen molar-refractivity contribution in [2.24, 2.45) is 0 Å². The van der Waals surface area contributed by atoms with Crippen molar-refractivity contribution in [3.63, 3.8) is 0 Å². The molecule has 1 amide bonds. The summed E-state index contributed by atoms with van der Waals surface area (Å²) in [6.45, 7) is 1.12. The lowest BCUT2D eigenvalue weighted by atomic mass is 10.2. The minimum atomic E-state index is -3.46. The van der Waals surface area contributed by atoms with Crippen molar-refractivity contribution in [1.82, 2.24) is 9.62 Å². The van der Waals surface area contributed by atoms with Gasteiger partial charge in [-0.2, -0.15) is 4.31 Å². The van der Waals surface area contributed by atoms with Gasteiger partial charge < -0.3 is 10.1 Å². The average molecular weight is 446 g/mol. The van der Waals surface area contributed by atoms with Crippen LogP contribution in [0.4, 0.5) is 5.69 Å². The van der Waals surface area contributed by atoms with E-state index in [1.807, 2.05) is 12.1 Å². The maximum absolute atomic E-state index is 12.5. The summed E-state index contributed by atoms with van der Waals surface area (Å²) in [6.07, 6.45) is 4.82. The summed E-state index contributed by atoms with van der Waals surface area (Å²) in [5, 5.41) is 5.55. The molecular formula is C21H23N3O4S2.